The van der Waals surface area contributed by atoms with Crippen molar-refractivity contribution in [2.45, 2.75) is 13.2 Å². The molecule has 0 saturated carbocycles. The third-order valence-electron chi connectivity index (χ3n) is 4.48. The summed E-state index contributed by atoms with van der Waals surface area (Å²) in [5, 5.41) is 0. The van der Waals surface area contributed by atoms with Gasteiger partial charge in [0, 0.05) is 38.3 Å². The highest BCUT2D eigenvalue weighted by atomic mass is 19.3. The number of hydrogen-bond acceptors (Lipinski definition) is 4. The number of hydrogen-bond donors (Lipinski definition) is 0. The first-order chi connectivity index (χ1) is 13.5. The lowest BCUT2D eigenvalue weighted by atomic mass is 10.1. The van der Waals surface area contributed by atoms with E-state index >= 15 is 0 Å². The average molecular weight is 394 g/mol. The monoisotopic (exact) mass is 394 g/mol. The van der Waals surface area contributed by atoms with Crippen molar-refractivity contribution in [1.29, 1.82) is 0 Å². The highest BCUT2D eigenvalue weighted by Gasteiger charge is 2.22. The smallest absolute Gasteiger partial charge is 0.387 e. The number of para-hydroxylation sites is 1. The van der Waals surface area contributed by atoms with Crippen LogP contribution in [0, 0.1) is 5.82 Å². The minimum absolute atomic E-state index is 0.114. The molecular weight excluding hydrogens is 373 g/mol. The molecule has 1 amide bonds. The molecule has 0 aromatic heterocycles. The van der Waals surface area contributed by atoms with Gasteiger partial charge in [0.05, 0.1) is 0 Å². The fraction of sp³-hybridized carbons (Fsp3) is 0.350. The lowest BCUT2D eigenvalue weighted by molar-refractivity contribution is -0.135. The van der Waals surface area contributed by atoms with Crippen molar-refractivity contribution in [3.8, 4) is 11.5 Å². The van der Waals surface area contributed by atoms with Crippen LogP contribution in [-0.4, -0.2) is 55.1 Å². The zero-order valence-corrected chi connectivity index (χ0v) is 15.2. The first kappa shape index (κ1) is 20.0. The number of carbonyl (C=O) groups is 1. The molecule has 5 nitrogen and oxygen atoms in total. The second-order valence-electron chi connectivity index (χ2n) is 6.39. The van der Waals surface area contributed by atoms with E-state index in [0.29, 0.717) is 44.0 Å². The third kappa shape index (κ3) is 5.63. The predicted molar refractivity (Wildman–Crippen MR) is 96.8 cm³/mol. The number of halogens is 3. The number of piperazine rings is 1. The molecule has 2 aromatic carbocycles. The maximum atomic E-state index is 12.9. The van der Waals surface area contributed by atoms with Crippen molar-refractivity contribution < 1.29 is 27.4 Å². The molecular formula is C20H21F3N2O3. The van der Waals surface area contributed by atoms with E-state index in [2.05, 4.69) is 9.64 Å². The number of carbonyl (C=O) groups excluding carboxylic acids is 1. The summed E-state index contributed by atoms with van der Waals surface area (Å²) in [4.78, 5) is 16.1. The summed E-state index contributed by atoms with van der Waals surface area (Å²) in [5.74, 6) is 0.0912. The zero-order valence-electron chi connectivity index (χ0n) is 15.2. The Bertz CT molecular complexity index is 779. The van der Waals surface area contributed by atoms with Crippen molar-refractivity contribution >= 4 is 5.91 Å². The molecule has 150 valence electrons. The second kappa shape index (κ2) is 9.45. The first-order valence-electron chi connectivity index (χ1n) is 8.92. The number of nitrogens with zero attached hydrogens (tertiary/aromatic N) is 2. The van der Waals surface area contributed by atoms with Gasteiger partial charge in [0.15, 0.2) is 6.61 Å². The van der Waals surface area contributed by atoms with Gasteiger partial charge in [0.25, 0.3) is 5.91 Å². The average Bonchev–Trinajstić information content (AvgIpc) is 2.69. The quantitative estimate of drug-likeness (QED) is 0.724. The van der Waals surface area contributed by atoms with E-state index < -0.39 is 6.61 Å². The summed E-state index contributed by atoms with van der Waals surface area (Å²) in [6, 6.07) is 12.2. The fourth-order valence-electron chi connectivity index (χ4n) is 3.01. The number of alkyl halides is 2. The van der Waals surface area contributed by atoms with Gasteiger partial charge in [0.2, 0.25) is 0 Å². The van der Waals surface area contributed by atoms with Crippen LogP contribution in [0.1, 0.15) is 5.56 Å². The highest BCUT2D eigenvalue weighted by Crippen LogP contribution is 2.22. The number of rotatable bonds is 7. The van der Waals surface area contributed by atoms with Crippen molar-refractivity contribution in [1.82, 2.24) is 9.80 Å². The molecule has 1 saturated heterocycles. The summed E-state index contributed by atoms with van der Waals surface area (Å²) in [6.45, 7) is -0.242. The van der Waals surface area contributed by atoms with E-state index in [0.717, 1.165) is 0 Å². The van der Waals surface area contributed by atoms with Gasteiger partial charge in [-0.1, -0.05) is 18.2 Å². The maximum Gasteiger partial charge on any atom is 0.387 e. The Balaban J connectivity index is 1.46. The van der Waals surface area contributed by atoms with Gasteiger partial charge in [-0.25, -0.2) is 4.39 Å². The summed E-state index contributed by atoms with van der Waals surface area (Å²) in [6.07, 6.45) is 0. The number of amides is 1. The molecule has 0 unspecified atom stereocenters. The molecule has 1 fully saturated rings. The minimum Gasteiger partial charge on any atom is -0.484 e. The van der Waals surface area contributed by atoms with E-state index in [1.165, 1.54) is 30.3 Å². The first-order valence-corrected chi connectivity index (χ1v) is 8.92. The standard InChI is InChI=1S/C20H21F3N2O3/c21-16-5-7-17(8-6-16)27-14-19(26)25-11-9-24(10-12-25)13-15-3-1-2-4-18(15)28-20(22)23/h1-8,20H,9-14H2. The van der Waals surface area contributed by atoms with Crippen LogP contribution < -0.4 is 9.47 Å². The molecule has 0 radical (unpaired) electrons. The van der Waals surface area contributed by atoms with Crippen LogP contribution >= 0.6 is 0 Å². The summed E-state index contributed by atoms with van der Waals surface area (Å²) < 4.78 is 47.9. The number of ether oxygens (including phenoxy) is 2. The van der Waals surface area contributed by atoms with Crippen molar-refractivity contribution in [2.24, 2.45) is 0 Å². The SMILES string of the molecule is O=C(COc1ccc(F)cc1)N1CCN(Cc2ccccc2OC(F)F)CC1. The zero-order chi connectivity index (χ0) is 19.9. The Hall–Kier alpha value is -2.74. The molecule has 3 rings (SSSR count). The van der Waals surface area contributed by atoms with Crippen LogP contribution in [0.4, 0.5) is 13.2 Å². The lowest BCUT2D eigenvalue weighted by Crippen LogP contribution is -2.49. The van der Waals surface area contributed by atoms with Gasteiger partial charge in [-0.2, -0.15) is 8.78 Å². The van der Waals surface area contributed by atoms with E-state index in [-0.39, 0.29) is 24.1 Å². The second-order valence-corrected chi connectivity index (χ2v) is 6.39. The van der Waals surface area contributed by atoms with Crippen LogP contribution in [0.3, 0.4) is 0 Å². The third-order valence-corrected chi connectivity index (χ3v) is 4.48. The molecule has 1 aliphatic rings. The summed E-state index contributed by atoms with van der Waals surface area (Å²) in [7, 11) is 0. The Kier molecular flexibility index (Phi) is 6.76. The molecule has 0 bridgehead atoms. The number of benzene rings is 2. The van der Waals surface area contributed by atoms with Crippen molar-refractivity contribution in [2.75, 3.05) is 32.8 Å². The summed E-state index contributed by atoms with van der Waals surface area (Å²) in [5.41, 5.74) is 0.683. The van der Waals surface area contributed by atoms with Gasteiger partial charge in [-0.3, -0.25) is 9.69 Å². The predicted octanol–water partition coefficient (Wildman–Crippen LogP) is 3.15. The van der Waals surface area contributed by atoms with Gasteiger partial charge < -0.3 is 14.4 Å². The Morgan fingerprint density at radius 1 is 1.00 bits per heavy atom. The molecule has 1 heterocycles. The van der Waals surface area contributed by atoms with E-state index in [4.69, 9.17) is 4.74 Å². The maximum absolute atomic E-state index is 12.9. The van der Waals surface area contributed by atoms with Crippen LogP contribution in [0.2, 0.25) is 0 Å². The normalized spacial score (nSPS) is 14.9. The van der Waals surface area contributed by atoms with Crippen LogP contribution in [-0.2, 0) is 11.3 Å². The van der Waals surface area contributed by atoms with Crippen molar-refractivity contribution in [3.05, 3.63) is 59.9 Å². The van der Waals surface area contributed by atoms with Crippen LogP contribution in [0.15, 0.2) is 48.5 Å². The minimum atomic E-state index is -2.86. The Morgan fingerprint density at radius 2 is 1.68 bits per heavy atom. The van der Waals surface area contributed by atoms with Gasteiger partial charge in [0.1, 0.15) is 17.3 Å². The topological polar surface area (TPSA) is 42.0 Å². The molecule has 0 atom stereocenters. The van der Waals surface area contributed by atoms with Crippen LogP contribution in [0.5, 0.6) is 11.5 Å². The molecule has 1 aliphatic heterocycles. The Labute approximate surface area is 161 Å². The largest absolute Gasteiger partial charge is 0.484 e. The molecule has 2 aromatic rings. The summed E-state index contributed by atoms with van der Waals surface area (Å²) >= 11 is 0. The molecule has 0 aliphatic carbocycles. The Morgan fingerprint density at radius 3 is 2.36 bits per heavy atom. The van der Waals surface area contributed by atoms with Crippen molar-refractivity contribution in [3.63, 3.8) is 0 Å². The molecule has 8 heteroatoms. The fourth-order valence-corrected chi connectivity index (χ4v) is 3.01. The van der Waals surface area contributed by atoms with Gasteiger partial charge >= 0.3 is 6.61 Å². The van der Waals surface area contributed by atoms with E-state index in [1.807, 2.05) is 0 Å². The van der Waals surface area contributed by atoms with Gasteiger partial charge in [-0.15, -0.1) is 0 Å². The highest BCUT2D eigenvalue weighted by molar-refractivity contribution is 5.77. The van der Waals surface area contributed by atoms with Crippen LogP contribution in [0.25, 0.3) is 0 Å². The molecule has 0 N–H and O–H groups in total. The molecule has 28 heavy (non-hydrogen) atoms. The van der Waals surface area contributed by atoms with E-state index in [9.17, 15) is 18.0 Å². The lowest BCUT2D eigenvalue weighted by Gasteiger charge is -2.34. The molecule has 0 spiro atoms. The van der Waals surface area contributed by atoms with Gasteiger partial charge in [-0.05, 0) is 30.3 Å². The van der Waals surface area contributed by atoms with E-state index in [1.54, 1.807) is 23.1 Å².